The Morgan fingerprint density at radius 1 is 1.30 bits per heavy atom. The van der Waals surface area contributed by atoms with Crippen molar-refractivity contribution in [2.24, 2.45) is 0 Å². The number of rotatable bonds is 6. The van der Waals surface area contributed by atoms with Crippen LogP contribution in [0.3, 0.4) is 0 Å². The van der Waals surface area contributed by atoms with Gasteiger partial charge in [-0.3, -0.25) is 14.6 Å². The summed E-state index contributed by atoms with van der Waals surface area (Å²) in [5.41, 5.74) is 2.35. The van der Waals surface area contributed by atoms with Crippen LogP contribution in [0.5, 0.6) is 0 Å². The number of nitrogens with zero attached hydrogens (tertiary/aromatic N) is 2. The minimum atomic E-state index is -0.138. The lowest BCUT2D eigenvalue weighted by Crippen LogP contribution is -2.42. The molecule has 0 radical (unpaired) electrons. The lowest BCUT2D eigenvalue weighted by molar-refractivity contribution is -0.126. The average molecular weight is 367 g/mol. The summed E-state index contributed by atoms with van der Waals surface area (Å²) in [4.78, 5) is 33.0. The van der Waals surface area contributed by atoms with Gasteiger partial charge in [-0.2, -0.15) is 0 Å². The molecule has 2 aromatic rings. The number of aromatic amines is 1. The molecule has 0 spiro atoms. The van der Waals surface area contributed by atoms with E-state index in [9.17, 15) is 9.59 Å². The molecule has 0 aromatic carbocycles. The minimum absolute atomic E-state index is 0.0428. The second-order valence-electron chi connectivity index (χ2n) is 6.57. The summed E-state index contributed by atoms with van der Waals surface area (Å²) in [6.07, 6.45) is 10.2. The fraction of sp³-hybridized carbons (Fsp3) is 0.350. The van der Waals surface area contributed by atoms with Crippen molar-refractivity contribution in [2.75, 3.05) is 32.0 Å². The quantitative estimate of drug-likeness (QED) is 0.675. The molecule has 3 heterocycles. The number of nitrogens with one attached hydrogen (secondary N) is 3. The van der Waals surface area contributed by atoms with Crippen molar-refractivity contribution < 1.29 is 4.79 Å². The third-order valence-corrected chi connectivity index (χ3v) is 4.67. The summed E-state index contributed by atoms with van der Waals surface area (Å²) < 4.78 is 0. The standard InChI is InChI=1S/C20H25N5O2/c1-21-8-2-3-19(26)25-11-6-17(7-12-25)24-18-13-16(14-23-20(18)27)15-4-9-22-10-5-15/h2-5,9-10,13-14,17,21,24H,6-8,11-12H2,1H3,(H,23,27). The Hall–Kier alpha value is -2.93. The maximum atomic E-state index is 12.2. The Morgan fingerprint density at radius 2 is 2.04 bits per heavy atom. The molecule has 1 saturated heterocycles. The van der Waals surface area contributed by atoms with Gasteiger partial charge in [0.1, 0.15) is 5.69 Å². The summed E-state index contributed by atoms with van der Waals surface area (Å²) in [6, 6.07) is 5.85. The summed E-state index contributed by atoms with van der Waals surface area (Å²) in [6.45, 7) is 2.05. The zero-order chi connectivity index (χ0) is 19.1. The van der Waals surface area contributed by atoms with Gasteiger partial charge in [0.15, 0.2) is 0 Å². The van der Waals surface area contributed by atoms with Gasteiger partial charge in [0.25, 0.3) is 5.56 Å². The van der Waals surface area contributed by atoms with Gasteiger partial charge in [-0.25, -0.2) is 0 Å². The highest BCUT2D eigenvalue weighted by molar-refractivity contribution is 5.87. The van der Waals surface area contributed by atoms with Crippen LogP contribution >= 0.6 is 0 Å². The first-order valence-corrected chi connectivity index (χ1v) is 9.17. The van der Waals surface area contributed by atoms with Gasteiger partial charge < -0.3 is 20.5 Å². The van der Waals surface area contributed by atoms with E-state index in [1.54, 1.807) is 24.7 Å². The molecule has 7 nitrogen and oxygen atoms in total. The van der Waals surface area contributed by atoms with Crippen molar-refractivity contribution in [3.05, 3.63) is 59.3 Å². The Morgan fingerprint density at radius 3 is 2.74 bits per heavy atom. The summed E-state index contributed by atoms with van der Waals surface area (Å²) >= 11 is 0. The van der Waals surface area contributed by atoms with Gasteiger partial charge in [0.05, 0.1) is 0 Å². The highest BCUT2D eigenvalue weighted by Crippen LogP contribution is 2.20. The minimum Gasteiger partial charge on any atom is -0.378 e. The molecular formula is C20H25N5O2. The van der Waals surface area contributed by atoms with E-state index in [-0.39, 0.29) is 17.5 Å². The van der Waals surface area contributed by atoms with Crippen LogP contribution in [0.25, 0.3) is 11.1 Å². The molecule has 1 aliphatic rings. The number of pyridine rings is 2. The third kappa shape index (κ3) is 5.04. The third-order valence-electron chi connectivity index (χ3n) is 4.67. The van der Waals surface area contributed by atoms with Crippen molar-refractivity contribution >= 4 is 11.6 Å². The second kappa shape index (κ2) is 9.14. The lowest BCUT2D eigenvalue weighted by Gasteiger charge is -2.32. The van der Waals surface area contributed by atoms with E-state index in [0.717, 1.165) is 24.0 Å². The van der Waals surface area contributed by atoms with Crippen LogP contribution in [0, 0.1) is 0 Å². The molecule has 27 heavy (non-hydrogen) atoms. The van der Waals surface area contributed by atoms with E-state index in [1.807, 2.05) is 36.2 Å². The van der Waals surface area contributed by atoms with E-state index in [2.05, 4.69) is 20.6 Å². The summed E-state index contributed by atoms with van der Waals surface area (Å²) in [7, 11) is 1.84. The number of piperidine rings is 1. The predicted molar refractivity (Wildman–Crippen MR) is 107 cm³/mol. The molecule has 3 N–H and O–H groups in total. The van der Waals surface area contributed by atoms with Crippen LogP contribution in [-0.2, 0) is 4.79 Å². The van der Waals surface area contributed by atoms with Crippen LogP contribution in [0.15, 0.2) is 53.7 Å². The molecule has 0 saturated carbocycles. The first kappa shape index (κ1) is 18.8. The number of carbonyl (C=O) groups is 1. The zero-order valence-corrected chi connectivity index (χ0v) is 15.4. The maximum absolute atomic E-state index is 12.2. The van der Waals surface area contributed by atoms with E-state index < -0.39 is 0 Å². The van der Waals surface area contributed by atoms with Gasteiger partial charge in [-0.15, -0.1) is 0 Å². The molecule has 1 aliphatic heterocycles. The zero-order valence-electron chi connectivity index (χ0n) is 15.4. The molecule has 0 bridgehead atoms. The van der Waals surface area contributed by atoms with Crippen molar-refractivity contribution in [1.29, 1.82) is 0 Å². The topological polar surface area (TPSA) is 90.1 Å². The van der Waals surface area contributed by atoms with Crippen LogP contribution in [0.2, 0.25) is 0 Å². The van der Waals surface area contributed by atoms with Crippen molar-refractivity contribution in [2.45, 2.75) is 18.9 Å². The lowest BCUT2D eigenvalue weighted by atomic mass is 10.0. The first-order valence-electron chi connectivity index (χ1n) is 9.17. The highest BCUT2D eigenvalue weighted by atomic mass is 16.2. The second-order valence-corrected chi connectivity index (χ2v) is 6.57. The fourth-order valence-electron chi connectivity index (χ4n) is 3.15. The molecule has 142 valence electrons. The van der Waals surface area contributed by atoms with Gasteiger partial charge in [0, 0.05) is 55.9 Å². The molecule has 0 aliphatic carbocycles. The van der Waals surface area contributed by atoms with Gasteiger partial charge in [-0.1, -0.05) is 6.08 Å². The van der Waals surface area contributed by atoms with Crippen molar-refractivity contribution in [3.8, 4) is 11.1 Å². The number of aromatic nitrogens is 2. The van der Waals surface area contributed by atoms with Crippen LogP contribution in [-0.4, -0.2) is 53.5 Å². The molecular weight excluding hydrogens is 342 g/mol. The van der Waals surface area contributed by atoms with E-state index in [4.69, 9.17) is 0 Å². The average Bonchev–Trinajstić information content (AvgIpc) is 2.71. The Labute approximate surface area is 158 Å². The molecule has 2 aromatic heterocycles. The van der Waals surface area contributed by atoms with E-state index in [1.165, 1.54) is 0 Å². The molecule has 1 fully saturated rings. The Bertz CT molecular complexity index is 839. The summed E-state index contributed by atoms with van der Waals surface area (Å²) in [5.74, 6) is 0.0428. The van der Waals surface area contributed by atoms with E-state index >= 15 is 0 Å². The number of hydrogen-bond donors (Lipinski definition) is 3. The van der Waals surface area contributed by atoms with Crippen molar-refractivity contribution in [1.82, 2.24) is 20.2 Å². The molecule has 7 heteroatoms. The monoisotopic (exact) mass is 367 g/mol. The summed E-state index contributed by atoms with van der Waals surface area (Å²) in [5, 5.41) is 6.32. The van der Waals surface area contributed by atoms with Gasteiger partial charge in [0.2, 0.25) is 5.91 Å². The number of H-pyrrole nitrogens is 1. The highest BCUT2D eigenvalue weighted by Gasteiger charge is 2.22. The Balaban J connectivity index is 1.61. The first-order chi connectivity index (χ1) is 13.2. The van der Waals surface area contributed by atoms with Crippen molar-refractivity contribution in [3.63, 3.8) is 0 Å². The normalized spacial score (nSPS) is 15.2. The fourth-order valence-corrected chi connectivity index (χ4v) is 3.15. The smallest absolute Gasteiger partial charge is 0.271 e. The van der Waals surface area contributed by atoms with Crippen LogP contribution < -0.4 is 16.2 Å². The van der Waals surface area contributed by atoms with Crippen LogP contribution in [0.4, 0.5) is 5.69 Å². The predicted octanol–water partition coefficient (Wildman–Crippen LogP) is 1.62. The number of anilines is 1. The molecule has 0 unspecified atom stereocenters. The van der Waals surface area contributed by atoms with E-state index in [0.29, 0.717) is 25.3 Å². The van der Waals surface area contributed by atoms with Gasteiger partial charge in [-0.05, 0) is 43.7 Å². The number of amides is 1. The number of carbonyl (C=O) groups excluding carboxylic acids is 1. The SMILES string of the molecule is CNCC=CC(=O)N1CCC(Nc2cc(-c3ccncc3)c[nH]c2=O)CC1. The maximum Gasteiger partial charge on any atom is 0.271 e. The molecule has 1 amide bonds. The largest absolute Gasteiger partial charge is 0.378 e. The Kier molecular flexibility index (Phi) is 6.38. The molecule has 3 rings (SSSR count). The van der Waals surface area contributed by atoms with Gasteiger partial charge >= 0.3 is 0 Å². The van der Waals surface area contributed by atoms with Crippen LogP contribution in [0.1, 0.15) is 12.8 Å². The molecule has 0 atom stereocenters. The number of likely N-dealkylation sites (tertiary alicyclic amines) is 1. The number of likely N-dealkylation sites (N-methyl/N-ethyl adjacent to an activating group) is 1. The number of hydrogen-bond acceptors (Lipinski definition) is 5.